The molecule has 0 atom stereocenters. The minimum absolute atomic E-state index is 0.00166. The highest BCUT2D eigenvalue weighted by Crippen LogP contribution is 2.28. The van der Waals surface area contributed by atoms with Crippen molar-refractivity contribution in [2.45, 2.75) is 6.42 Å². The molecule has 7 heteroatoms. The lowest BCUT2D eigenvalue weighted by Crippen LogP contribution is -2.07. The second kappa shape index (κ2) is 8.07. The maximum atomic E-state index is 11.8. The van der Waals surface area contributed by atoms with E-state index in [1.165, 1.54) is 20.3 Å². The Labute approximate surface area is 138 Å². The molecule has 0 aromatic heterocycles. The summed E-state index contributed by atoms with van der Waals surface area (Å²) >= 11 is 0. The minimum atomic E-state index is -0.478. The molecule has 0 bridgehead atoms. The number of nitro groups is 1. The number of nitro benzene ring substituents is 1. The van der Waals surface area contributed by atoms with Gasteiger partial charge in [-0.1, -0.05) is 18.2 Å². The van der Waals surface area contributed by atoms with Crippen LogP contribution in [0.1, 0.15) is 21.5 Å². The van der Waals surface area contributed by atoms with Crippen LogP contribution in [0.2, 0.25) is 0 Å². The summed E-state index contributed by atoms with van der Waals surface area (Å²) in [6.07, 6.45) is 0.228. The van der Waals surface area contributed by atoms with Gasteiger partial charge in [-0.3, -0.25) is 10.1 Å². The van der Waals surface area contributed by atoms with Gasteiger partial charge in [-0.05, 0) is 23.8 Å². The molecule has 24 heavy (non-hydrogen) atoms. The molecule has 0 unspecified atom stereocenters. The Kier molecular flexibility index (Phi) is 5.86. The first-order chi connectivity index (χ1) is 11.6. The second-order valence-corrected chi connectivity index (χ2v) is 4.92. The smallest absolute Gasteiger partial charge is 0.338 e. The summed E-state index contributed by atoms with van der Waals surface area (Å²) in [4.78, 5) is 22.7. The monoisotopic (exact) mass is 331 g/mol. The summed E-state index contributed by atoms with van der Waals surface area (Å²) in [5.74, 6) is -0.137. The van der Waals surface area contributed by atoms with Crippen LogP contribution in [0.4, 0.5) is 5.69 Å². The molecule has 2 aromatic carbocycles. The standard InChI is InChI=1S/C17H17NO6/c1-22-11-24-14-8-7-13(16(10-14)18(20)21)9-12-5-3-4-6-15(12)17(19)23-2/h3-8,10H,9,11H2,1-2H3. The number of nitrogens with zero attached hydrogens (tertiary/aromatic N) is 1. The van der Waals surface area contributed by atoms with Crippen molar-refractivity contribution in [1.29, 1.82) is 0 Å². The van der Waals surface area contributed by atoms with Gasteiger partial charge in [0.25, 0.3) is 5.69 Å². The van der Waals surface area contributed by atoms with E-state index in [-0.39, 0.29) is 18.9 Å². The van der Waals surface area contributed by atoms with Crippen molar-refractivity contribution in [3.05, 3.63) is 69.3 Å². The Hall–Kier alpha value is -2.93. The summed E-state index contributed by atoms with van der Waals surface area (Å²) < 4.78 is 14.8. The number of benzene rings is 2. The molecule has 0 spiro atoms. The first-order valence-electron chi connectivity index (χ1n) is 7.12. The Bertz CT molecular complexity index is 744. The first-order valence-corrected chi connectivity index (χ1v) is 7.12. The maximum Gasteiger partial charge on any atom is 0.338 e. The second-order valence-electron chi connectivity index (χ2n) is 4.92. The minimum Gasteiger partial charge on any atom is -0.467 e. The molecular formula is C17H17NO6. The van der Waals surface area contributed by atoms with Crippen LogP contribution in [0.25, 0.3) is 0 Å². The molecule has 0 saturated heterocycles. The number of ether oxygens (including phenoxy) is 3. The lowest BCUT2D eigenvalue weighted by atomic mass is 9.98. The van der Waals surface area contributed by atoms with E-state index < -0.39 is 10.9 Å². The molecule has 0 saturated carbocycles. The molecule has 0 aliphatic carbocycles. The summed E-state index contributed by atoms with van der Waals surface area (Å²) in [5.41, 5.74) is 1.43. The fourth-order valence-electron chi connectivity index (χ4n) is 2.27. The number of esters is 1. The Morgan fingerprint density at radius 2 is 1.88 bits per heavy atom. The number of hydrogen-bond acceptors (Lipinski definition) is 6. The van der Waals surface area contributed by atoms with Crippen LogP contribution in [0.15, 0.2) is 42.5 Å². The molecule has 0 amide bonds. The first kappa shape index (κ1) is 17.4. The van der Waals surface area contributed by atoms with E-state index in [2.05, 4.69) is 0 Å². The van der Waals surface area contributed by atoms with Gasteiger partial charge in [0.05, 0.1) is 23.7 Å². The van der Waals surface area contributed by atoms with Crippen molar-refractivity contribution in [3.8, 4) is 5.75 Å². The number of rotatable bonds is 7. The van der Waals surface area contributed by atoms with Crippen LogP contribution in [-0.2, 0) is 15.9 Å². The van der Waals surface area contributed by atoms with Crippen LogP contribution >= 0.6 is 0 Å². The van der Waals surface area contributed by atoms with Gasteiger partial charge in [-0.2, -0.15) is 0 Å². The molecule has 7 nitrogen and oxygen atoms in total. The van der Waals surface area contributed by atoms with Crippen LogP contribution in [0.5, 0.6) is 5.75 Å². The third kappa shape index (κ3) is 4.08. The highest BCUT2D eigenvalue weighted by molar-refractivity contribution is 5.91. The Morgan fingerprint density at radius 1 is 1.12 bits per heavy atom. The zero-order valence-corrected chi connectivity index (χ0v) is 13.4. The molecule has 126 valence electrons. The normalized spacial score (nSPS) is 10.2. The molecule has 2 rings (SSSR count). The lowest BCUT2D eigenvalue weighted by Gasteiger charge is -2.10. The molecule has 0 aliphatic heterocycles. The van der Waals surface area contributed by atoms with Crippen LogP contribution in [-0.4, -0.2) is 31.9 Å². The zero-order valence-electron chi connectivity index (χ0n) is 13.4. The largest absolute Gasteiger partial charge is 0.467 e. The fourth-order valence-corrected chi connectivity index (χ4v) is 2.27. The van der Waals surface area contributed by atoms with E-state index in [1.807, 2.05) is 0 Å². The third-order valence-corrected chi connectivity index (χ3v) is 3.40. The predicted molar refractivity (Wildman–Crippen MR) is 86.2 cm³/mol. The van der Waals surface area contributed by atoms with E-state index in [4.69, 9.17) is 14.2 Å². The van der Waals surface area contributed by atoms with E-state index in [0.717, 1.165) is 0 Å². The number of carbonyl (C=O) groups is 1. The van der Waals surface area contributed by atoms with Crippen molar-refractivity contribution < 1.29 is 23.9 Å². The number of carbonyl (C=O) groups excluding carboxylic acids is 1. The maximum absolute atomic E-state index is 11.8. The van der Waals surface area contributed by atoms with Gasteiger partial charge in [0.15, 0.2) is 6.79 Å². The van der Waals surface area contributed by atoms with Gasteiger partial charge in [0, 0.05) is 19.1 Å². The van der Waals surface area contributed by atoms with Crippen molar-refractivity contribution >= 4 is 11.7 Å². The molecule has 0 N–H and O–H groups in total. The summed E-state index contributed by atoms with van der Waals surface area (Å²) in [5, 5.41) is 11.3. The van der Waals surface area contributed by atoms with Crippen LogP contribution < -0.4 is 4.74 Å². The quantitative estimate of drug-likeness (QED) is 0.335. The number of hydrogen-bond donors (Lipinski definition) is 0. The molecule has 0 fully saturated rings. The van der Waals surface area contributed by atoms with Crippen molar-refractivity contribution in [2.24, 2.45) is 0 Å². The Morgan fingerprint density at radius 3 is 2.54 bits per heavy atom. The van der Waals surface area contributed by atoms with Gasteiger partial charge in [0.1, 0.15) is 5.75 Å². The third-order valence-electron chi connectivity index (χ3n) is 3.40. The van der Waals surface area contributed by atoms with E-state index in [9.17, 15) is 14.9 Å². The lowest BCUT2D eigenvalue weighted by molar-refractivity contribution is -0.385. The van der Waals surface area contributed by atoms with Gasteiger partial charge in [-0.15, -0.1) is 0 Å². The highest BCUT2D eigenvalue weighted by atomic mass is 16.7. The molecular weight excluding hydrogens is 314 g/mol. The summed E-state index contributed by atoms with van der Waals surface area (Å²) in [6.45, 7) is 0.00166. The van der Waals surface area contributed by atoms with E-state index in [1.54, 1.807) is 36.4 Å². The van der Waals surface area contributed by atoms with Gasteiger partial charge < -0.3 is 14.2 Å². The van der Waals surface area contributed by atoms with E-state index in [0.29, 0.717) is 22.4 Å². The van der Waals surface area contributed by atoms with Gasteiger partial charge in [-0.25, -0.2) is 4.79 Å². The van der Waals surface area contributed by atoms with E-state index >= 15 is 0 Å². The zero-order chi connectivity index (χ0) is 17.5. The van der Waals surface area contributed by atoms with Gasteiger partial charge >= 0.3 is 5.97 Å². The topological polar surface area (TPSA) is 87.9 Å². The van der Waals surface area contributed by atoms with Crippen LogP contribution in [0, 0.1) is 10.1 Å². The Balaban J connectivity index is 2.36. The predicted octanol–water partition coefficient (Wildman–Crippen LogP) is 2.95. The highest BCUT2D eigenvalue weighted by Gasteiger charge is 2.18. The molecule has 2 aromatic rings. The fraction of sp³-hybridized carbons (Fsp3) is 0.235. The average Bonchev–Trinajstić information content (AvgIpc) is 2.60. The number of methoxy groups -OCH3 is 2. The molecule has 0 heterocycles. The van der Waals surface area contributed by atoms with Crippen LogP contribution in [0.3, 0.4) is 0 Å². The van der Waals surface area contributed by atoms with Gasteiger partial charge in [0.2, 0.25) is 0 Å². The van der Waals surface area contributed by atoms with Crippen molar-refractivity contribution in [3.63, 3.8) is 0 Å². The summed E-state index contributed by atoms with van der Waals surface area (Å²) in [7, 11) is 2.76. The van der Waals surface area contributed by atoms with Crippen molar-refractivity contribution in [2.75, 3.05) is 21.0 Å². The molecule has 0 aliphatic rings. The SMILES string of the molecule is COCOc1ccc(Cc2ccccc2C(=O)OC)c([N+](=O)[O-])c1. The van der Waals surface area contributed by atoms with Crippen molar-refractivity contribution in [1.82, 2.24) is 0 Å². The molecule has 0 radical (unpaired) electrons. The average molecular weight is 331 g/mol. The summed E-state index contributed by atoms with van der Waals surface area (Å²) in [6, 6.07) is 11.4.